The minimum absolute atomic E-state index is 0.432. The maximum absolute atomic E-state index is 11.4. The van der Waals surface area contributed by atoms with E-state index in [0.717, 1.165) is 4.90 Å². The summed E-state index contributed by atoms with van der Waals surface area (Å²) in [5, 5.41) is 0. The molecule has 0 saturated carbocycles. The van der Waals surface area contributed by atoms with Gasteiger partial charge in [0.15, 0.2) is 0 Å². The third kappa shape index (κ3) is 2.70. The summed E-state index contributed by atoms with van der Waals surface area (Å²) in [5.41, 5.74) is -0.511. The van der Waals surface area contributed by atoms with Crippen LogP contribution in [0.2, 0.25) is 0 Å². The molecule has 6 nitrogen and oxygen atoms in total. The fourth-order valence-electron chi connectivity index (χ4n) is 1.38. The number of amides is 2. The lowest BCUT2D eigenvalue weighted by molar-refractivity contribution is -0.194. The molecule has 0 spiro atoms. The van der Waals surface area contributed by atoms with Crippen molar-refractivity contribution in [3.63, 3.8) is 0 Å². The van der Waals surface area contributed by atoms with E-state index in [-0.39, 0.29) is 0 Å². The fraction of sp³-hybridized carbons (Fsp3) is 0.800. The van der Waals surface area contributed by atoms with Gasteiger partial charge in [-0.15, -0.1) is 0 Å². The van der Waals surface area contributed by atoms with Crippen molar-refractivity contribution in [3.8, 4) is 0 Å². The molecule has 1 aliphatic rings. The normalized spacial score (nSPS) is 25.8. The van der Waals surface area contributed by atoms with Crippen LogP contribution in [0.3, 0.4) is 0 Å². The van der Waals surface area contributed by atoms with Crippen molar-refractivity contribution < 1.29 is 23.8 Å². The molecule has 1 aliphatic heterocycles. The molecule has 1 heterocycles. The van der Waals surface area contributed by atoms with Crippen LogP contribution in [0.4, 0.5) is 4.79 Å². The molecule has 16 heavy (non-hydrogen) atoms. The summed E-state index contributed by atoms with van der Waals surface area (Å²) in [6.45, 7) is 6.74. The SMILES string of the molecule is CO[C@@H]1OC(=O)N(C(C)=O)[C@H]1OC(C)(C)C. The predicted octanol–water partition coefficient (Wildman–Crippen LogP) is 1.10. The molecule has 0 N–H and O–H groups in total. The molecular formula is C10H17NO5. The monoisotopic (exact) mass is 231 g/mol. The average molecular weight is 231 g/mol. The Labute approximate surface area is 94.4 Å². The highest BCUT2D eigenvalue weighted by molar-refractivity contribution is 5.92. The third-order valence-corrected chi connectivity index (χ3v) is 1.95. The zero-order valence-electron chi connectivity index (χ0n) is 10.1. The van der Waals surface area contributed by atoms with Crippen LogP contribution in [-0.4, -0.2) is 42.1 Å². The molecule has 1 fully saturated rings. The summed E-state index contributed by atoms with van der Waals surface area (Å²) in [6.07, 6.45) is -2.46. The summed E-state index contributed by atoms with van der Waals surface area (Å²) in [6, 6.07) is 0. The molecule has 1 saturated heterocycles. The van der Waals surface area contributed by atoms with E-state index in [2.05, 4.69) is 0 Å². The molecule has 2 atom stereocenters. The first-order valence-electron chi connectivity index (χ1n) is 4.97. The first kappa shape index (κ1) is 12.9. The lowest BCUT2D eigenvalue weighted by Gasteiger charge is -2.29. The Bertz CT molecular complexity index is 296. The van der Waals surface area contributed by atoms with Crippen molar-refractivity contribution in [1.29, 1.82) is 0 Å². The quantitative estimate of drug-likeness (QED) is 0.712. The van der Waals surface area contributed by atoms with Gasteiger partial charge in [0.1, 0.15) is 0 Å². The van der Waals surface area contributed by atoms with Crippen LogP contribution >= 0.6 is 0 Å². The molecule has 2 amide bonds. The van der Waals surface area contributed by atoms with Gasteiger partial charge in [-0.25, -0.2) is 9.69 Å². The molecule has 6 heteroatoms. The Morgan fingerprint density at radius 1 is 1.44 bits per heavy atom. The van der Waals surface area contributed by atoms with Gasteiger partial charge in [-0.1, -0.05) is 0 Å². The number of hydrogen-bond donors (Lipinski definition) is 0. The third-order valence-electron chi connectivity index (χ3n) is 1.95. The topological polar surface area (TPSA) is 65.1 Å². The number of methoxy groups -OCH3 is 1. The van der Waals surface area contributed by atoms with E-state index in [9.17, 15) is 9.59 Å². The molecule has 0 radical (unpaired) electrons. The maximum atomic E-state index is 11.4. The predicted molar refractivity (Wildman–Crippen MR) is 54.4 cm³/mol. The van der Waals surface area contributed by atoms with Crippen molar-refractivity contribution in [2.45, 2.75) is 45.8 Å². The highest BCUT2D eigenvalue weighted by Gasteiger charge is 2.47. The van der Waals surface area contributed by atoms with Gasteiger partial charge in [0.2, 0.25) is 12.1 Å². The second-order valence-electron chi connectivity index (χ2n) is 4.50. The molecule has 0 bridgehead atoms. The number of carbonyl (C=O) groups excluding carboxylic acids is 2. The molecular weight excluding hydrogens is 214 g/mol. The van der Waals surface area contributed by atoms with Gasteiger partial charge in [-0.05, 0) is 20.8 Å². The van der Waals surface area contributed by atoms with Crippen molar-refractivity contribution in [3.05, 3.63) is 0 Å². The van der Waals surface area contributed by atoms with Crippen LogP contribution in [0.25, 0.3) is 0 Å². The summed E-state index contributed by atoms with van der Waals surface area (Å²) in [5.74, 6) is -0.432. The Kier molecular flexibility index (Phi) is 3.54. The average Bonchev–Trinajstić information content (AvgIpc) is 2.39. The Morgan fingerprint density at radius 2 is 2.00 bits per heavy atom. The fourth-order valence-corrected chi connectivity index (χ4v) is 1.38. The van der Waals surface area contributed by atoms with Crippen molar-refractivity contribution in [2.75, 3.05) is 7.11 Å². The van der Waals surface area contributed by atoms with Crippen molar-refractivity contribution in [2.24, 2.45) is 0 Å². The number of carbonyl (C=O) groups is 2. The Balaban J connectivity index is 2.89. The number of nitrogens with zero attached hydrogens (tertiary/aromatic N) is 1. The standard InChI is InChI=1S/C10H17NO5/c1-6(12)11-7(16-10(2,3)4)8(14-5)15-9(11)13/h7-8H,1-5H3/t7-,8+/m0/s1. The van der Waals surface area contributed by atoms with Crippen LogP contribution in [0.15, 0.2) is 0 Å². The van der Waals surface area contributed by atoms with Gasteiger partial charge >= 0.3 is 6.09 Å². The zero-order chi connectivity index (χ0) is 12.5. The van der Waals surface area contributed by atoms with E-state index in [1.54, 1.807) is 0 Å². The number of ether oxygens (including phenoxy) is 3. The lowest BCUT2D eigenvalue weighted by atomic mass is 10.2. The highest BCUT2D eigenvalue weighted by Crippen LogP contribution is 2.25. The first-order chi connectivity index (χ1) is 7.26. The van der Waals surface area contributed by atoms with Crippen molar-refractivity contribution >= 4 is 12.0 Å². The van der Waals surface area contributed by atoms with Gasteiger partial charge in [-0.3, -0.25) is 4.79 Å². The largest absolute Gasteiger partial charge is 0.421 e. The van der Waals surface area contributed by atoms with E-state index >= 15 is 0 Å². The number of hydrogen-bond acceptors (Lipinski definition) is 5. The minimum atomic E-state index is -0.879. The van der Waals surface area contributed by atoms with E-state index < -0.39 is 30.1 Å². The molecule has 0 unspecified atom stereocenters. The van der Waals surface area contributed by atoms with E-state index in [0.29, 0.717) is 0 Å². The molecule has 0 aromatic carbocycles. The van der Waals surface area contributed by atoms with Gasteiger partial charge in [0.05, 0.1) is 5.60 Å². The van der Waals surface area contributed by atoms with Crippen LogP contribution in [-0.2, 0) is 19.0 Å². The smallest absolute Gasteiger partial charge is 0.414 e. The minimum Gasteiger partial charge on any atom is -0.414 e. The van der Waals surface area contributed by atoms with Crippen LogP contribution in [0.1, 0.15) is 27.7 Å². The van der Waals surface area contributed by atoms with Crippen LogP contribution < -0.4 is 0 Å². The van der Waals surface area contributed by atoms with E-state index in [4.69, 9.17) is 14.2 Å². The maximum Gasteiger partial charge on any atom is 0.421 e. The van der Waals surface area contributed by atoms with Crippen LogP contribution in [0, 0.1) is 0 Å². The molecule has 0 aliphatic carbocycles. The van der Waals surface area contributed by atoms with E-state index in [1.165, 1.54) is 14.0 Å². The van der Waals surface area contributed by atoms with Gasteiger partial charge in [-0.2, -0.15) is 0 Å². The Morgan fingerprint density at radius 3 is 2.38 bits per heavy atom. The zero-order valence-corrected chi connectivity index (χ0v) is 10.1. The molecule has 0 aromatic rings. The van der Waals surface area contributed by atoms with E-state index in [1.807, 2.05) is 20.8 Å². The summed E-state index contributed by atoms with van der Waals surface area (Å²) >= 11 is 0. The van der Waals surface area contributed by atoms with Crippen LogP contribution in [0.5, 0.6) is 0 Å². The number of imide groups is 1. The van der Waals surface area contributed by atoms with Gasteiger partial charge < -0.3 is 14.2 Å². The van der Waals surface area contributed by atoms with Crippen molar-refractivity contribution in [1.82, 2.24) is 4.90 Å². The summed E-state index contributed by atoms with van der Waals surface area (Å²) in [4.78, 5) is 23.6. The summed E-state index contributed by atoms with van der Waals surface area (Å²) < 4.78 is 15.4. The van der Waals surface area contributed by atoms with Gasteiger partial charge in [0, 0.05) is 14.0 Å². The first-order valence-corrected chi connectivity index (χ1v) is 4.97. The second kappa shape index (κ2) is 4.39. The number of cyclic esters (lactones) is 1. The molecule has 0 aromatic heterocycles. The molecule has 92 valence electrons. The molecule has 1 rings (SSSR count). The highest BCUT2D eigenvalue weighted by atomic mass is 16.7. The Hall–Kier alpha value is -1.14. The number of rotatable bonds is 2. The van der Waals surface area contributed by atoms with Gasteiger partial charge in [0.25, 0.3) is 6.29 Å². The summed E-state index contributed by atoms with van der Waals surface area (Å²) in [7, 11) is 1.39. The lowest BCUT2D eigenvalue weighted by Crippen LogP contribution is -2.46. The second-order valence-corrected chi connectivity index (χ2v) is 4.50.